The van der Waals surface area contributed by atoms with Gasteiger partial charge in [-0.3, -0.25) is 4.79 Å². The van der Waals surface area contributed by atoms with E-state index in [0.29, 0.717) is 5.56 Å². The van der Waals surface area contributed by atoms with Crippen molar-refractivity contribution in [1.29, 1.82) is 0 Å². The SMILES string of the molecule is Nc1cc(F)ccc1C(=O)C1CCCS1. The summed E-state index contributed by atoms with van der Waals surface area (Å²) < 4.78 is 12.8. The van der Waals surface area contributed by atoms with Crippen molar-refractivity contribution in [2.24, 2.45) is 0 Å². The van der Waals surface area contributed by atoms with Gasteiger partial charge in [0.15, 0.2) is 5.78 Å². The lowest BCUT2D eigenvalue weighted by atomic mass is 10.0. The average Bonchev–Trinajstić information content (AvgIpc) is 2.69. The third-order valence-electron chi connectivity index (χ3n) is 2.50. The molecule has 1 heterocycles. The number of thioether (sulfide) groups is 1. The number of carbonyl (C=O) groups excluding carboxylic acids is 1. The quantitative estimate of drug-likeness (QED) is 0.621. The van der Waals surface area contributed by atoms with Crippen LogP contribution in [0, 0.1) is 5.82 Å². The van der Waals surface area contributed by atoms with Crippen molar-refractivity contribution in [1.82, 2.24) is 0 Å². The highest BCUT2D eigenvalue weighted by molar-refractivity contribution is 8.00. The lowest BCUT2D eigenvalue weighted by Crippen LogP contribution is -2.15. The van der Waals surface area contributed by atoms with E-state index in [0.717, 1.165) is 18.6 Å². The first-order valence-corrected chi connectivity index (χ1v) is 5.94. The minimum absolute atomic E-state index is 0.0118. The largest absolute Gasteiger partial charge is 0.398 e. The molecule has 1 atom stereocenters. The number of nitrogen functional groups attached to an aromatic ring is 1. The Balaban J connectivity index is 2.24. The zero-order chi connectivity index (χ0) is 10.8. The molecule has 0 aromatic heterocycles. The predicted octanol–water partition coefficient (Wildman–Crippen LogP) is 2.49. The summed E-state index contributed by atoms with van der Waals surface area (Å²) in [5, 5.41) is 0.0118. The maximum absolute atomic E-state index is 12.8. The highest BCUT2D eigenvalue weighted by Crippen LogP contribution is 2.30. The molecule has 80 valence electrons. The smallest absolute Gasteiger partial charge is 0.177 e. The minimum Gasteiger partial charge on any atom is -0.398 e. The highest BCUT2D eigenvalue weighted by Gasteiger charge is 2.25. The summed E-state index contributed by atoms with van der Waals surface area (Å²) in [6.07, 6.45) is 1.97. The number of hydrogen-bond donors (Lipinski definition) is 1. The van der Waals surface area contributed by atoms with Crippen LogP contribution in [-0.4, -0.2) is 16.8 Å². The lowest BCUT2D eigenvalue weighted by molar-refractivity contribution is 0.0989. The van der Waals surface area contributed by atoms with Gasteiger partial charge in [-0.2, -0.15) is 11.8 Å². The van der Waals surface area contributed by atoms with Crippen LogP contribution in [0.1, 0.15) is 23.2 Å². The van der Waals surface area contributed by atoms with Crippen LogP contribution in [-0.2, 0) is 0 Å². The Kier molecular flexibility index (Phi) is 2.95. The fourth-order valence-corrected chi connectivity index (χ4v) is 2.95. The van der Waals surface area contributed by atoms with Gasteiger partial charge in [0.05, 0.1) is 5.25 Å². The molecule has 2 rings (SSSR count). The zero-order valence-corrected chi connectivity index (χ0v) is 9.02. The number of hydrogen-bond acceptors (Lipinski definition) is 3. The number of Topliss-reactive ketones (excluding diaryl/α,β-unsaturated/α-hetero) is 1. The van der Waals surface area contributed by atoms with Gasteiger partial charge in [-0.05, 0) is 36.8 Å². The molecular formula is C11H12FNOS. The van der Waals surface area contributed by atoms with Gasteiger partial charge < -0.3 is 5.73 Å². The van der Waals surface area contributed by atoms with Gasteiger partial charge in [-0.25, -0.2) is 4.39 Å². The Morgan fingerprint density at radius 3 is 2.93 bits per heavy atom. The second-order valence-corrected chi connectivity index (χ2v) is 4.91. The Bertz CT molecular complexity index is 388. The van der Waals surface area contributed by atoms with E-state index in [9.17, 15) is 9.18 Å². The van der Waals surface area contributed by atoms with Gasteiger partial charge in [-0.15, -0.1) is 0 Å². The van der Waals surface area contributed by atoms with E-state index in [2.05, 4.69) is 0 Å². The lowest BCUT2D eigenvalue weighted by Gasteiger charge is -2.09. The molecule has 0 aliphatic carbocycles. The Labute approximate surface area is 92.0 Å². The number of halogens is 1. The molecule has 2 nitrogen and oxygen atoms in total. The topological polar surface area (TPSA) is 43.1 Å². The second kappa shape index (κ2) is 4.23. The first kappa shape index (κ1) is 10.5. The van der Waals surface area contributed by atoms with Crippen LogP contribution in [0.3, 0.4) is 0 Å². The molecule has 0 spiro atoms. The van der Waals surface area contributed by atoms with Crippen LogP contribution in [0.5, 0.6) is 0 Å². The number of nitrogens with two attached hydrogens (primary N) is 1. The fraction of sp³-hybridized carbons (Fsp3) is 0.364. The van der Waals surface area contributed by atoms with Crippen LogP contribution < -0.4 is 5.73 Å². The summed E-state index contributed by atoms with van der Waals surface area (Å²) in [6.45, 7) is 0. The van der Waals surface area contributed by atoms with E-state index in [1.54, 1.807) is 11.8 Å². The summed E-state index contributed by atoms with van der Waals surface area (Å²) in [5.74, 6) is 0.662. The third-order valence-corrected chi connectivity index (χ3v) is 3.88. The van der Waals surface area contributed by atoms with Gasteiger partial charge in [0.1, 0.15) is 5.82 Å². The number of ketones is 1. The number of carbonyl (C=O) groups is 1. The molecule has 0 bridgehead atoms. The van der Waals surface area contributed by atoms with Gasteiger partial charge in [0.25, 0.3) is 0 Å². The molecule has 1 aliphatic rings. The standard InChI is InChI=1S/C11H12FNOS/c12-7-3-4-8(9(13)6-7)11(14)10-2-1-5-15-10/h3-4,6,10H,1-2,5,13H2. The van der Waals surface area contributed by atoms with Gasteiger partial charge in [0.2, 0.25) is 0 Å². The van der Waals surface area contributed by atoms with Crippen molar-refractivity contribution in [3.05, 3.63) is 29.6 Å². The summed E-state index contributed by atoms with van der Waals surface area (Å²) >= 11 is 1.66. The molecule has 1 aliphatic heterocycles. The van der Waals surface area contributed by atoms with Crippen molar-refractivity contribution in [2.45, 2.75) is 18.1 Å². The Morgan fingerprint density at radius 2 is 2.33 bits per heavy atom. The normalized spacial score (nSPS) is 20.5. The highest BCUT2D eigenvalue weighted by atomic mass is 32.2. The monoisotopic (exact) mass is 225 g/mol. The van der Waals surface area contributed by atoms with E-state index in [1.807, 2.05) is 0 Å². The third kappa shape index (κ3) is 2.15. The van der Waals surface area contributed by atoms with E-state index < -0.39 is 5.82 Å². The van der Waals surface area contributed by atoms with Crippen LogP contribution in [0.15, 0.2) is 18.2 Å². The van der Waals surface area contributed by atoms with Crippen molar-refractivity contribution < 1.29 is 9.18 Å². The maximum atomic E-state index is 12.8. The van der Waals surface area contributed by atoms with Gasteiger partial charge in [-0.1, -0.05) is 0 Å². The molecule has 15 heavy (non-hydrogen) atoms. The van der Waals surface area contributed by atoms with Crippen molar-refractivity contribution >= 4 is 23.2 Å². The Morgan fingerprint density at radius 1 is 1.53 bits per heavy atom. The first-order valence-electron chi connectivity index (χ1n) is 4.89. The van der Waals surface area contributed by atoms with Crippen LogP contribution in [0.4, 0.5) is 10.1 Å². The van der Waals surface area contributed by atoms with Crippen molar-refractivity contribution in [3.8, 4) is 0 Å². The number of benzene rings is 1. The maximum Gasteiger partial charge on any atom is 0.177 e. The molecule has 4 heteroatoms. The molecule has 1 unspecified atom stereocenters. The summed E-state index contributed by atoms with van der Waals surface area (Å²) in [5.41, 5.74) is 6.32. The second-order valence-electron chi connectivity index (χ2n) is 3.60. The van der Waals surface area contributed by atoms with E-state index in [4.69, 9.17) is 5.73 Å². The zero-order valence-electron chi connectivity index (χ0n) is 8.20. The van der Waals surface area contributed by atoms with Crippen LogP contribution in [0.2, 0.25) is 0 Å². The van der Waals surface area contributed by atoms with E-state index in [-0.39, 0.29) is 16.7 Å². The van der Waals surface area contributed by atoms with Crippen LogP contribution in [0.25, 0.3) is 0 Å². The van der Waals surface area contributed by atoms with Crippen molar-refractivity contribution in [3.63, 3.8) is 0 Å². The molecule has 1 saturated heterocycles. The predicted molar refractivity (Wildman–Crippen MR) is 60.6 cm³/mol. The number of rotatable bonds is 2. The molecule has 0 radical (unpaired) electrons. The summed E-state index contributed by atoms with van der Waals surface area (Å²) in [6, 6.07) is 3.96. The number of anilines is 1. The van der Waals surface area contributed by atoms with Gasteiger partial charge >= 0.3 is 0 Å². The van der Waals surface area contributed by atoms with Crippen LogP contribution >= 0.6 is 11.8 Å². The first-order chi connectivity index (χ1) is 7.18. The molecule has 0 saturated carbocycles. The molecule has 2 N–H and O–H groups in total. The van der Waals surface area contributed by atoms with E-state index >= 15 is 0 Å². The summed E-state index contributed by atoms with van der Waals surface area (Å²) in [4.78, 5) is 12.0. The molecule has 1 aromatic rings. The Hall–Kier alpha value is -1.03. The average molecular weight is 225 g/mol. The molecule has 1 fully saturated rings. The van der Waals surface area contributed by atoms with Crippen molar-refractivity contribution in [2.75, 3.05) is 11.5 Å². The minimum atomic E-state index is -0.400. The molecule has 1 aromatic carbocycles. The molecule has 0 amide bonds. The van der Waals surface area contributed by atoms with E-state index in [1.165, 1.54) is 18.2 Å². The fourth-order valence-electron chi connectivity index (χ4n) is 1.72. The molecular weight excluding hydrogens is 213 g/mol. The van der Waals surface area contributed by atoms with Gasteiger partial charge in [0, 0.05) is 11.3 Å². The summed E-state index contributed by atoms with van der Waals surface area (Å²) in [7, 11) is 0.